The Morgan fingerprint density at radius 3 is 2.71 bits per heavy atom. The SMILES string of the molecule is CO/N=C(\C(=O)O)c1nsc(NC(=O)OC)n1. The maximum Gasteiger partial charge on any atom is 0.413 e. The number of amides is 1. The number of nitrogens with one attached hydrogen (secondary N) is 1. The Morgan fingerprint density at radius 1 is 1.47 bits per heavy atom. The number of nitrogens with zero attached hydrogens (tertiary/aromatic N) is 3. The predicted molar refractivity (Wildman–Crippen MR) is 57.1 cm³/mol. The summed E-state index contributed by atoms with van der Waals surface area (Å²) < 4.78 is 8.05. The zero-order chi connectivity index (χ0) is 12.8. The summed E-state index contributed by atoms with van der Waals surface area (Å²) >= 11 is 0.792. The highest BCUT2D eigenvalue weighted by molar-refractivity contribution is 7.10. The van der Waals surface area contributed by atoms with Crippen LogP contribution in [0.25, 0.3) is 0 Å². The largest absolute Gasteiger partial charge is 0.476 e. The molecular formula is C7H8N4O5S. The van der Waals surface area contributed by atoms with Gasteiger partial charge in [0.1, 0.15) is 7.11 Å². The van der Waals surface area contributed by atoms with Gasteiger partial charge in [-0.2, -0.15) is 9.36 Å². The van der Waals surface area contributed by atoms with E-state index >= 15 is 0 Å². The summed E-state index contributed by atoms with van der Waals surface area (Å²) in [6, 6.07) is 0. The van der Waals surface area contributed by atoms with Crippen LogP contribution in [0.15, 0.2) is 5.16 Å². The van der Waals surface area contributed by atoms with Gasteiger partial charge in [0.15, 0.2) is 0 Å². The number of anilines is 1. The lowest BCUT2D eigenvalue weighted by molar-refractivity contribution is -0.129. The lowest BCUT2D eigenvalue weighted by atomic mass is 10.4. The zero-order valence-corrected chi connectivity index (χ0v) is 9.65. The highest BCUT2D eigenvalue weighted by Gasteiger charge is 2.20. The molecule has 0 aliphatic carbocycles. The van der Waals surface area contributed by atoms with Gasteiger partial charge in [-0.15, -0.1) is 0 Å². The quantitative estimate of drug-likeness (QED) is 0.583. The van der Waals surface area contributed by atoms with Gasteiger partial charge in [0.2, 0.25) is 16.7 Å². The van der Waals surface area contributed by atoms with Crippen LogP contribution in [0.5, 0.6) is 0 Å². The second-order valence-corrected chi connectivity index (χ2v) is 3.22. The normalized spacial score (nSPS) is 10.8. The van der Waals surface area contributed by atoms with E-state index in [-0.39, 0.29) is 11.0 Å². The van der Waals surface area contributed by atoms with Crippen LogP contribution < -0.4 is 5.32 Å². The Morgan fingerprint density at radius 2 is 2.18 bits per heavy atom. The highest BCUT2D eigenvalue weighted by Crippen LogP contribution is 2.12. The fourth-order valence-corrected chi connectivity index (χ4v) is 1.33. The number of carboxylic acids is 1. The van der Waals surface area contributed by atoms with Crippen molar-refractivity contribution in [2.24, 2.45) is 5.16 Å². The number of aromatic nitrogens is 2. The minimum atomic E-state index is -1.34. The average Bonchev–Trinajstić information content (AvgIpc) is 2.73. The van der Waals surface area contributed by atoms with E-state index in [0.717, 1.165) is 11.5 Å². The average molecular weight is 260 g/mol. The highest BCUT2D eigenvalue weighted by atomic mass is 32.1. The standard InChI is InChI=1S/C7H8N4O5S/c1-15-7(14)9-6-8-4(11-17-6)3(5(12)13)10-16-2/h1-2H3,(H,12,13)(H,8,9,11,14)/b10-3-. The molecule has 0 unspecified atom stereocenters. The second-order valence-electron chi connectivity index (χ2n) is 2.47. The third-order valence-corrected chi connectivity index (χ3v) is 2.05. The van der Waals surface area contributed by atoms with Crippen molar-refractivity contribution in [2.75, 3.05) is 19.5 Å². The maximum absolute atomic E-state index is 10.9. The van der Waals surface area contributed by atoms with Gasteiger partial charge in [0.05, 0.1) is 7.11 Å². The molecule has 17 heavy (non-hydrogen) atoms. The summed E-state index contributed by atoms with van der Waals surface area (Å²) in [5, 5.41) is 14.4. The van der Waals surface area contributed by atoms with Crippen molar-refractivity contribution in [1.82, 2.24) is 9.36 Å². The lowest BCUT2D eigenvalue weighted by Crippen LogP contribution is -2.17. The molecule has 0 saturated carbocycles. The van der Waals surface area contributed by atoms with Gasteiger partial charge in [-0.05, 0) is 0 Å². The first kappa shape index (κ1) is 12.8. The van der Waals surface area contributed by atoms with E-state index in [1.807, 2.05) is 0 Å². The van der Waals surface area contributed by atoms with Crippen LogP contribution in [0.2, 0.25) is 0 Å². The first-order chi connectivity index (χ1) is 8.08. The number of carbonyl (C=O) groups excluding carboxylic acids is 1. The molecule has 1 heterocycles. The minimum Gasteiger partial charge on any atom is -0.476 e. The molecular weight excluding hydrogens is 252 g/mol. The van der Waals surface area contributed by atoms with Crippen LogP contribution in [-0.2, 0) is 14.4 Å². The van der Waals surface area contributed by atoms with Crippen LogP contribution >= 0.6 is 11.5 Å². The molecule has 0 aliphatic rings. The molecule has 2 N–H and O–H groups in total. The fourth-order valence-electron chi connectivity index (χ4n) is 0.776. The summed E-state index contributed by atoms with van der Waals surface area (Å²) in [5.74, 6) is -1.50. The van der Waals surface area contributed by atoms with E-state index in [0.29, 0.717) is 0 Å². The third-order valence-electron chi connectivity index (χ3n) is 1.42. The molecule has 9 nitrogen and oxygen atoms in total. The van der Waals surface area contributed by atoms with Gasteiger partial charge in [0.25, 0.3) is 0 Å². The number of hydrogen-bond acceptors (Lipinski definition) is 8. The number of oxime groups is 1. The summed E-state index contributed by atoms with van der Waals surface area (Å²) in [7, 11) is 2.38. The van der Waals surface area contributed by atoms with E-state index in [1.54, 1.807) is 0 Å². The first-order valence-electron chi connectivity index (χ1n) is 4.12. The topological polar surface area (TPSA) is 123 Å². The smallest absolute Gasteiger partial charge is 0.413 e. The number of methoxy groups -OCH3 is 1. The van der Waals surface area contributed by atoms with Gasteiger partial charge >= 0.3 is 12.1 Å². The van der Waals surface area contributed by atoms with Gasteiger partial charge in [-0.1, -0.05) is 5.16 Å². The van der Waals surface area contributed by atoms with Crippen molar-refractivity contribution in [2.45, 2.75) is 0 Å². The molecule has 0 saturated heterocycles. The van der Waals surface area contributed by atoms with Crippen molar-refractivity contribution in [3.05, 3.63) is 5.82 Å². The zero-order valence-electron chi connectivity index (χ0n) is 8.83. The fraction of sp³-hybridized carbons (Fsp3) is 0.286. The van der Waals surface area contributed by atoms with Crippen LogP contribution in [0.3, 0.4) is 0 Å². The molecule has 10 heteroatoms. The minimum absolute atomic E-state index is 0.0944. The molecule has 0 radical (unpaired) electrons. The van der Waals surface area contributed by atoms with E-state index in [1.165, 1.54) is 14.2 Å². The Balaban J connectivity index is 2.89. The Kier molecular flexibility index (Phi) is 4.34. The second kappa shape index (κ2) is 5.75. The lowest BCUT2D eigenvalue weighted by Gasteiger charge is -1.96. The molecule has 0 aromatic carbocycles. The predicted octanol–water partition coefficient (Wildman–Crippen LogP) is 0.152. The Hall–Kier alpha value is -2.23. The third kappa shape index (κ3) is 3.38. The molecule has 1 rings (SSSR count). The number of aliphatic carboxylic acids is 1. The molecule has 0 atom stereocenters. The number of carbonyl (C=O) groups is 2. The van der Waals surface area contributed by atoms with E-state index in [2.05, 4.69) is 29.4 Å². The maximum atomic E-state index is 10.9. The number of hydrogen-bond donors (Lipinski definition) is 2. The van der Waals surface area contributed by atoms with Crippen molar-refractivity contribution in [3.63, 3.8) is 0 Å². The van der Waals surface area contributed by atoms with E-state index in [9.17, 15) is 9.59 Å². The summed E-state index contributed by atoms with van der Waals surface area (Å²) in [5.41, 5.74) is -0.457. The van der Waals surface area contributed by atoms with Crippen LogP contribution in [0, 0.1) is 0 Å². The molecule has 92 valence electrons. The summed E-state index contributed by atoms with van der Waals surface area (Å²) in [6.45, 7) is 0. The van der Waals surface area contributed by atoms with Crippen molar-refractivity contribution < 1.29 is 24.3 Å². The van der Waals surface area contributed by atoms with Crippen molar-refractivity contribution in [1.29, 1.82) is 0 Å². The molecule has 1 aromatic heterocycles. The molecule has 1 amide bonds. The Bertz CT molecular complexity index is 457. The monoisotopic (exact) mass is 260 g/mol. The summed E-state index contributed by atoms with van der Waals surface area (Å²) in [4.78, 5) is 29.7. The van der Waals surface area contributed by atoms with Gasteiger partial charge in [0, 0.05) is 11.5 Å². The van der Waals surface area contributed by atoms with Crippen molar-refractivity contribution in [3.8, 4) is 0 Å². The number of ether oxygens (including phenoxy) is 1. The van der Waals surface area contributed by atoms with Gasteiger partial charge in [-0.25, -0.2) is 9.59 Å². The number of carboxylic acid groups (broad SMARTS) is 1. The van der Waals surface area contributed by atoms with Crippen LogP contribution in [0.4, 0.5) is 9.93 Å². The molecule has 0 spiro atoms. The van der Waals surface area contributed by atoms with E-state index < -0.39 is 17.8 Å². The van der Waals surface area contributed by atoms with E-state index in [4.69, 9.17) is 5.11 Å². The number of rotatable bonds is 4. The van der Waals surface area contributed by atoms with Crippen LogP contribution in [0.1, 0.15) is 5.82 Å². The molecule has 1 aromatic rings. The van der Waals surface area contributed by atoms with Gasteiger partial charge in [-0.3, -0.25) is 5.32 Å². The summed E-state index contributed by atoms with van der Waals surface area (Å²) in [6.07, 6.45) is -0.728. The molecule has 0 bridgehead atoms. The molecule has 0 aliphatic heterocycles. The van der Waals surface area contributed by atoms with Crippen LogP contribution in [-0.4, -0.2) is 46.5 Å². The van der Waals surface area contributed by atoms with Crippen molar-refractivity contribution >= 4 is 34.4 Å². The Labute approximate surface area is 99.2 Å². The molecule has 0 fully saturated rings. The van der Waals surface area contributed by atoms with Gasteiger partial charge < -0.3 is 14.7 Å². The first-order valence-corrected chi connectivity index (χ1v) is 4.89.